The summed E-state index contributed by atoms with van der Waals surface area (Å²) in [7, 11) is 1.53. The summed E-state index contributed by atoms with van der Waals surface area (Å²) in [6, 6.07) is 12.4. The number of hydrogen-bond donors (Lipinski definition) is 1. The van der Waals surface area contributed by atoms with Crippen molar-refractivity contribution in [2.75, 3.05) is 56.7 Å². The van der Waals surface area contributed by atoms with Crippen LogP contribution < -0.4 is 19.7 Å². The molecule has 2 aromatic carbocycles. The smallest absolute Gasteiger partial charge is 0.267 e. The molecule has 2 aliphatic rings. The van der Waals surface area contributed by atoms with Crippen molar-refractivity contribution < 1.29 is 23.8 Å². The highest BCUT2D eigenvalue weighted by Gasteiger charge is 2.32. The zero-order valence-corrected chi connectivity index (χ0v) is 17.8. The number of carbonyl (C=O) groups is 2. The van der Waals surface area contributed by atoms with Crippen molar-refractivity contribution in [3.8, 4) is 11.5 Å². The SMILES string of the molecule is COc1ccccc1C(=O)Nc1ccc2c(c1)N(CCN1CCOCC1)C(=O)C(C)O2. The Morgan fingerprint density at radius 1 is 1.16 bits per heavy atom. The lowest BCUT2D eigenvalue weighted by molar-refractivity contribution is -0.125. The van der Waals surface area contributed by atoms with E-state index in [-0.39, 0.29) is 11.8 Å². The molecule has 0 radical (unpaired) electrons. The van der Waals surface area contributed by atoms with Gasteiger partial charge in [-0.1, -0.05) is 12.1 Å². The van der Waals surface area contributed by atoms with Gasteiger partial charge in [-0.3, -0.25) is 14.5 Å². The first-order chi connectivity index (χ1) is 15.1. The summed E-state index contributed by atoms with van der Waals surface area (Å²) < 4.78 is 16.5. The van der Waals surface area contributed by atoms with Crippen molar-refractivity contribution in [1.29, 1.82) is 0 Å². The number of para-hydroxylation sites is 1. The molecule has 0 bridgehead atoms. The normalized spacial score (nSPS) is 18.8. The highest BCUT2D eigenvalue weighted by atomic mass is 16.5. The van der Waals surface area contributed by atoms with Crippen molar-refractivity contribution in [2.45, 2.75) is 13.0 Å². The summed E-state index contributed by atoms with van der Waals surface area (Å²) in [6.45, 7) is 6.19. The number of hydrogen-bond acceptors (Lipinski definition) is 6. The van der Waals surface area contributed by atoms with Crippen molar-refractivity contribution in [3.63, 3.8) is 0 Å². The third-order valence-electron chi connectivity index (χ3n) is 5.52. The van der Waals surface area contributed by atoms with Gasteiger partial charge >= 0.3 is 0 Å². The lowest BCUT2D eigenvalue weighted by atomic mass is 10.1. The quantitative estimate of drug-likeness (QED) is 0.766. The first kappa shape index (κ1) is 21.1. The number of anilines is 2. The maximum atomic E-state index is 12.9. The lowest BCUT2D eigenvalue weighted by Crippen LogP contribution is -2.48. The van der Waals surface area contributed by atoms with E-state index in [9.17, 15) is 9.59 Å². The van der Waals surface area contributed by atoms with Gasteiger partial charge in [-0.2, -0.15) is 0 Å². The highest BCUT2D eigenvalue weighted by molar-refractivity contribution is 6.07. The molecule has 0 spiro atoms. The Morgan fingerprint density at radius 3 is 2.71 bits per heavy atom. The number of nitrogens with one attached hydrogen (secondary N) is 1. The van der Waals surface area contributed by atoms with Gasteiger partial charge in [-0.25, -0.2) is 0 Å². The number of rotatable bonds is 6. The van der Waals surface area contributed by atoms with E-state index in [2.05, 4.69) is 10.2 Å². The summed E-state index contributed by atoms with van der Waals surface area (Å²) in [5.74, 6) is 0.754. The number of fused-ring (bicyclic) bond motifs is 1. The zero-order chi connectivity index (χ0) is 21.8. The molecule has 1 unspecified atom stereocenters. The Morgan fingerprint density at radius 2 is 1.94 bits per heavy atom. The Labute approximate surface area is 181 Å². The van der Waals surface area contributed by atoms with E-state index in [4.69, 9.17) is 14.2 Å². The number of benzene rings is 2. The molecular weight excluding hydrogens is 398 g/mol. The summed E-state index contributed by atoms with van der Waals surface area (Å²) in [5, 5.41) is 2.90. The number of methoxy groups -OCH3 is 1. The first-order valence-electron chi connectivity index (χ1n) is 10.4. The topological polar surface area (TPSA) is 80.3 Å². The lowest BCUT2D eigenvalue weighted by Gasteiger charge is -2.35. The van der Waals surface area contributed by atoms with Crippen molar-refractivity contribution >= 4 is 23.2 Å². The number of morpholine rings is 1. The molecule has 1 atom stereocenters. The fraction of sp³-hybridized carbons (Fsp3) is 0.391. The average molecular weight is 425 g/mol. The van der Waals surface area contributed by atoms with Gasteiger partial charge in [0.2, 0.25) is 0 Å². The average Bonchev–Trinajstić information content (AvgIpc) is 2.80. The second kappa shape index (κ2) is 9.36. The van der Waals surface area contributed by atoms with Crippen molar-refractivity contribution in [3.05, 3.63) is 48.0 Å². The molecular formula is C23H27N3O5. The molecule has 0 aromatic heterocycles. The van der Waals surface area contributed by atoms with Gasteiger partial charge in [-0.05, 0) is 37.3 Å². The molecule has 0 aliphatic carbocycles. The summed E-state index contributed by atoms with van der Waals surface area (Å²) in [6.07, 6.45) is -0.550. The minimum absolute atomic E-state index is 0.0889. The van der Waals surface area contributed by atoms with Crippen LogP contribution in [-0.4, -0.2) is 69.3 Å². The summed E-state index contributed by atoms with van der Waals surface area (Å²) >= 11 is 0. The number of amides is 2. The Kier molecular flexibility index (Phi) is 6.39. The second-order valence-corrected chi connectivity index (χ2v) is 7.54. The van der Waals surface area contributed by atoms with Gasteiger partial charge in [0, 0.05) is 31.9 Å². The van der Waals surface area contributed by atoms with Crippen LogP contribution in [0.5, 0.6) is 11.5 Å². The van der Waals surface area contributed by atoms with Crippen LogP contribution in [0.2, 0.25) is 0 Å². The molecule has 164 valence electrons. The molecule has 1 N–H and O–H groups in total. The molecule has 4 rings (SSSR count). The molecule has 2 aromatic rings. The van der Waals surface area contributed by atoms with Gasteiger partial charge in [0.1, 0.15) is 11.5 Å². The molecule has 0 saturated carbocycles. The third kappa shape index (κ3) is 4.65. The molecule has 8 nitrogen and oxygen atoms in total. The predicted molar refractivity (Wildman–Crippen MR) is 117 cm³/mol. The van der Waals surface area contributed by atoms with Crippen LogP contribution in [0.3, 0.4) is 0 Å². The van der Waals surface area contributed by atoms with E-state index in [0.29, 0.717) is 48.2 Å². The molecule has 1 fully saturated rings. The standard InChI is InChI=1S/C23H27N3O5/c1-16-23(28)26(10-9-25-11-13-30-14-12-25)19-15-17(7-8-21(19)31-16)24-22(27)18-5-3-4-6-20(18)29-2/h3-8,15-16H,9-14H2,1-2H3,(H,24,27). The molecule has 8 heteroatoms. The van der Waals surface area contributed by atoms with Crippen LogP contribution in [0, 0.1) is 0 Å². The molecule has 1 saturated heterocycles. The predicted octanol–water partition coefficient (Wildman–Crippen LogP) is 2.39. The van der Waals surface area contributed by atoms with E-state index in [0.717, 1.165) is 19.6 Å². The number of ether oxygens (including phenoxy) is 3. The van der Waals surface area contributed by atoms with Gasteiger partial charge < -0.3 is 24.4 Å². The van der Waals surface area contributed by atoms with E-state index < -0.39 is 6.10 Å². The maximum absolute atomic E-state index is 12.9. The maximum Gasteiger partial charge on any atom is 0.267 e. The minimum Gasteiger partial charge on any atom is -0.496 e. The fourth-order valence-electron chi connectivity index (χ4n) is 3.81. The highest BCUT2D eigenvalue weighted by Crippen LogP contribution is 2.36. The molecule has 2 aliphatic heterocycles. The van der Waals surface area contributed by atoms with Crippen LogP contribution >= 0.6 is 0 Å². The largest absolute Gasteiger partial charge is 0.496 e. The molecule has 31 heavy (non-hydrogen) atoms. The Hall–Kier alpha value is -3.10. The van der Waals surface area contributed by atoms with Crippen LogP contribution in [-0.2, 0) is 9.53 Å². The van der Waals surface area contributed by atoms with E-state index in [1.807, 2.05) is 6.07 Å². The minimum atomic E-state index is -0.550. The molecule has 2 amide bonds. The first-order valence-corrected chi connectivity index (χ1v) is 10.4. The van der Waals surface area contributed by atoms with Crippen LogP contribution in [0.4, 0.5) is 11.4 Å². The summed E-state index contributed by atoms with van der Waals surface area (Å²) in [5.41, 5.74) is 1.68. The summed E-state index contributed by atoms with van der Waals surface area (Å²) in [4.78, 5) is 29.7. The van der Waals surface area contributed by atoms with Crippen LogP contribution in [0.25, 0.3) is 0 Å². The van der Waals surface area contributed by atoms with Gasteiger partial charge in [-0.15, -0.1) is 0 Å². The van der Waals surface area contributed by atoms with E-state index in [1.165, 1.54) is 7.11 Å². The number of nitrogens with zero attached hydrogens (tertiary/aromatic N) is 2. The Bertz CT molecular complexity index is 958. The van der Waals surface area contributed by atoms with E-state index in [1.54, 1.807) is 48.2 Å². The monoisotopic (exact) mass is 425 g/mol. The van der Waals surface area contributed by atoms with Crippen LogP contribution in [0.1, 0.15) is 17.3 Å². The molecule has 2 heterocycles. The zero-order valence-electron chi connectivity index (χ0n) is 17.8. The van der Waals surface area contributed by atoms with Gasteiger partial charge in [0.25, 0.3) is 11.8 Å². The van der Waals surface area contributed by atoms with Crippen molar-refractivity contribution in [1.82, 2.24) is 4.90 Å². The number of carbonyl (C=O) groups excluding carboxylic acids is 2. The fourth-order valence-corrected chi connectivity index (χ4v) is 3.81. The van der Waals surface area contributed by atoms with Gasteiger partial charge in [0.05, 0.1) is 31.6 Å². The van der Waals surface area contributed by atoms with Crippen LogP contribution in [0.15, 0.2) is 42.5 Å². The second-order valence-electron chi connectivity index (χ2n) is 7.54. The van der Waals surface area contributed by atoms with E-state index >= 15 is 0 Å². The third-order valence-corrected chi connectivity index (χ3v) is 5.52. The van der Waals surface area contributed by atoms with Gasteiger partial charge in [0.15, 0.2) is 6.10 Å². The van der Waals surface area contributed by atoms with Crippen molar-refractivity contribution in [2.24, 2.45) is 0 Å². The Balaban J connectivity index is 1.54.